The molecule has 2 saturated heterocycles. The van der Waals surface area contributed by atoms with Crippen LogP contribution in [0.5, 0.6) is 0 Å². The Kier molecular flexibility index (Phi) is 11.6. The van der Waals surface area contributed by atoms with Crippen molar-refractivity contribution < 1.29 is 33.1 Å². The van der Waals surface area contributed by atoms with Crippen LogP contribution in [0.2, 0.25) is 0 Å². The number of amides is 4. The Hall–Kier alpha value is -7.16. The number of fused-ring (bicyclic) bond motifs is 7. The fraction of sp³-hybridized carbons (Fsp3) is 0.418. The normalized spacial score (nSPS) is 22.9. The van der Waals surface area contributed by atoms with Crippen LogP contribution < -0.4 is 10.6 Å². The molecule has 11 rings (SSSR count). The Labute approximate surface area is 406 Å². The van der Waals surface area contributed by atoms with Gasteiger partial charge in [0.05, 0.1) is 49.6 Å². The first-order valence-electron chi connectivity index (χ1n) is 25.0. The highest BCUT2D eigenvalue weighted by molar-refractivity contribution is 6.19. The number of nitrogens with one attached hydrogen (secondary N) is 4. The number of nitrogens with zero attached hydrogens (tertiary/aromatic N) is 4. The summed E-state index contributed by atoms with van der Waals surface area (Å²) in [6.07, 6.45) is 7.61. The van der Waals surface area contributed by atoms with Crippen molar-refractivity contribution in [3.63, 3.8) is 0 Å². The van der Waals surface area contributed by atoms with Gasteiger partial charge in [0.15, 0.2) is 0 Å². The smallest absolute Gasteiger partial charge is 0.407 e. The Morgan fingerprint density at radius 1 is 0.629 bits per heavy atom. The minimum Gasteiger partial charge on any atom is -0.456 e. The predicted octanol–water partition coefficient (Wildman–Crippen LogP) is 10.4. The highest BCUT2D eigenvalue weighted by Crippen LogP contribution is 2.55. The number of hydrogen-bond donors (Lipinski definition) is 4. The molecule has 0 spiro atoms. The number of rotatable bonds is 15. The van der Waals surface area contributed by atoms with Crippen LogP contribution in [0.3, 0.4) is 0 Å². The summed E-state index contributed by atoms with van der Waals surface area (Å²) in [5.41, 5.74) is 9.64. The standard InChI is InChI=1S/C55H60N8O7/c1-7-28(4)48(60-54(66)68-6)52(64)62-40-22-34(40)24-42(62)50-56-26-38(58-50)32-14-10-30(11-15-32)36-18-19-37(47-45-21-20-44(70-45)46(36)47)31-12-16-33(17-13-31)39-27-57-51(59-39)43-25-35-23-41(35)63(43)53(65)49(29(5)8-2)61-55(67)69-9-3/h10-21,26-29,34-35,40-43,48-49H,7-9,22-25H2,1-6H3,(H,56,58)(H,57,59)(H,60,66)(H,61,67)/t28?,29?,34?,35?,40?,41?,42-,43-,48-,49-/m0/s1. The molecule has 7 aromatic rings. The maximum atomic E-state index is 14.2. The number of methoxy groups -OCH3 is 1. The molecule has 4 amide bonds. The second-order valence-electron chi connectivity index (χ2n) is 19.9. The highest BCUT2D eigenvalue weighted by Gasteiger charge is 2.57. The van der Waals surface area contributed by atoms with E-state index in [0.717, 1.165) is 117 Å². The van der Waals surface area contributed by atoms with Crippen molar-refractivity contribution >= 4 is 45.9 Å². The molecular weight excluding hydrogens is 885 g/mol. The quantitative estimate of drug-likeness (QED) is 0.0776. The second-order valence-corrected chi connectivity index (χ2v) is 19.9. The molecule has 2 aliphatic carbocycles. The number of benzene rings is 4. The number of carbonyl (C=O) groups is 4. The Balaban J connectivity index is 0.806. The molecule has 6 unspecified atom stereocenters. The van der Waals surface area contributed by atoms with Crippen LogP contribution in [-0.4, -0.2) is 91.6 Å². The third-order valence-corrected chi connectivity index (χ3v) is 15.8. The van der Waals surface area contributed by atoms with Gasteiger partial charge in [-0.1, -0.05) is 101 Å². The third-order valence-electron chi connectivity index (χ3n) is 15.8. The van der Waals surface area contributed by atoms with E-state index < -0.39 is 24.3 Å². The summed E-state index contributed by atoms with van der Waals surface area (Å²) in [5.74, 6) is 2.10. The van der Waals surface area contributed by atoms with Crippen molar-refractivity contribution in [2.75, 3.05) is 13.7 Å². The monoisotopic (exact) mass is 944 g/mol. The van der Waals surface area contributed by atoms with Gasteiger partial charge in [-0.05, 0) is 102 Å². The van der Waals surface area contributed by atoms with Crippen molar-refractivity contribution in [2.24, 2.45) is 23.7 Å². The molecule has 15 nitrogen and oxygen atoms in total. The van der Waals surface area contributed by atoms with E-state index in [0.29, 0.717) is 11.8 Å². The van der Waals surface area contributed by atoms with Crippen LogP contribution in [0.15, 0.2) is 89.6 Å². The number of hydrogen-bond acceptors (Lipinski definition) is 9. The average Bonchev–Trinajstić information content (AvgIpc) is 3.83. The van der Waals surface area contributed by atoms with Crippen LogP contribution >= 0.6 is 0 Å². The number of aromatic nitrogens is 4. The molecule has 4 fully saturated rings. The van der Waals surface area contributed by atoms with E-state index in [9.17, 15) is 19.2 Å². The van der Waals surface area contributed by atoms with E-state index in [2.05, 4.69) is 81.3 Å². The molecule has 6 heterocycles. The first-order chi connectivity index (χ1) is 34.0. The van der Waals surface area contributed by atoms with Crippen molar-refractivity contribution in [1.29, 1.82) is 0 Å². The van der Waals surface area contributed by atoms with Gasteiger partial charge in [-0.25, -0.2) is 19.6 Å². The number of H-pyrrole nitrogens is 2. The molecule has 4 aromatic heterocycles. The second kappa shape index (κ2) is 18.0. The summed E-state index contributed by atoms with van der Waals surface area (Å²) >= 11 is 0. The van der Waals surface area contributed by atoms with Crippen LogP contribution in [0.25, 0.3) is 66.7 Å². The van der Waals surface area contributed by atoms with Gasteiger partial charge in [-0.3, -0.25) is 9.59 Å². The van der Waals surface area contributed by atoms with Gasteiger partial charge < -0.3 is 44.3 Å². The van der Waals surface area contributed by atoms with Gasteiger partial charge in [0.25, 0.3) is 0 Å². The number of furan rings is 2. The zero-order valence-electron chi connectivity index (χ0n) is 40.5. The van der Waals surface area contributed by atoms with Crippen LogP contribution in [0.1, 0.15) is 96.9 Å². The summed E-state index contributed by atoms with van der Waals surface area (Å²) in [6, 6.07) is 23.9. The average molecular weight is 945 g/mol. The molecule has 15 heteroatoms. The fourth-order valence-electron chi connectivity index (χ4n) is 11.4. The fourth-order valence-corrected chi connectivity index (χ4v) is 11.4. The maximum absolute atomic E-state index is 14.2. The van der Waals surface area contributed by atoms with Crippen molar-refractivity contribution in [3.05, 3.63) is 96.8 Å². The van der Waals surface area contributed by atoms with Gasteiger partial charge in [-0.15, -0.1) is 0 Å². The molecule has 2 bridgehead atoms. The molecule has 2 saturated carbocycles. The Morgan fingerprint density at radius 2 is 1.06 bits per heavy atom. The van der Waals surface area contributed by atoms with E-state index in [1.165, 1.54) is 7.11 Å². The van der Waals surface area contributed by atoms with Crippen molar-refractivity contribution in [3.8, 4) is 44.8 Å². The lowest BCUT2D eigenvalue weighted by Gasteiger charge is -2.32. The molecule has 10 atom stereocenters. The van der Waals surface area contributed by atoms with Crippen LogP contribution in [-0.2, 0) is 19.1 Å². The summed E-state index contributed by atoms with van der Waals surface area (Å²) in [5, 5.41) is 7.79. The Morgan fingerprint density at radius 3 is 1.47 bits per heavy atom. The SMILES string of the molecule is CCOC(=O)N[C@H](C(=O)N1C2CC2C[C@H]1c1ncc(-c2ccc(-c3ccc(-c4ccc(-c5cnc([C@@H]6CC7CC7N6C(=O)[C@@H](NC(=O)OC)C(C)CC)[nH]5)cc4)c4c5ccc(o5)c34)cc2)[nH]1)C(C)CC. The lowest BCUT2D eigenvalue weighted by molar-refractivity contribution is -0.137. The summed E-state index contributed by atoms with van der Waals surface area (Å²) in [4.78, 5) is 73.6. The van der Waals surface area contributed by atoms with Gasteiger partial charge in [-0.2, -0.15) is 0 Å². The molecule has 0 radical (unpaired) electrons. The van der Waals surface area contributed by atoms with Gasteiger partial charge in [0.2, 0.25) is 11.8 Å². The van der Waals surface area contributed by atoms with Crippen molar-refractivity contribution in [2.45, 2.75) is 109 Å². The van der Waals surface area contributed by atoms with Crippen LogP contribution in [0.4, 0.5) is 9.59 Å². The first kappa shape index (κ1) is 45.3. The minimum atomic E-state index is -0.674. The Bertz CT molecular complexity index is 3080. The number of likely N-dealkylation sites (tertiary alicyclic amines) is 2. The molecule has 362 valence electrons. The largest absolute Gasteiger partial charge is 0.456 e. The molecule has 4 N–H and O–H groups in total. The summed E-state index contributed by atoms with van der Waals surface area (Å²) in [7, 11) is 1.32. The zero-order chi connectivity index (χ0) is 48.5. The molecule has 70 heavy (non-hydrogen) atoms. The van der Waals surface area contributed by atoms with Gasteiger partial charge in [0.1, 0.15) is 34.9 Å². The van der Waals surface area contributed by atoms with E-state index in [1.54, 1.807) is 6.92 Å². The van der Waals surface area contributed by atoms with E-state index in [-0.39, 0.29) is 54.4 Å². The van der Waals surface area contributed by atoms with E-state index in [1.807, 2.05) is 62.0 Å². The number of piperidine rings is 2. The molecule has 2 aliphatic heterocycles. The first-order valence-corrected chi connectivity index (χ1v) is 25.0. The van der Waals surface area contributed by atoms with Crippen molar-refractivity contribution in [1.82, 2.24) is 40.4 Å². The summed E-state index contributed by atoms with van der Waals surface area (Å²) in [6.45, 7) is 10.0. The highest BCUT2D eigenvalue weighted by atomic mass is 16.5. The minimum absolute atomic E-state index is 0.0567. The van der Waals surface area contributed by atoms with Crippen LogP contribution in [0, 0.1) is 23.7 Å². The lowest BCUT2D eigenvalue weighted by Crippen LogP contribution is -2.52. The zero-order valence-corrected chi connectivity index (χ0v) is 40.5. The third kappa shape index (κ3) is 7.92. The number of alkyl carbamates (subject to hydrolysis) is 2. The lowest BCUT2D eigenvalue weighted by atomic mass is 9.91. The number of carbonyl (C=O) groups excluding carboxylic acids is 4. The van der Waals surface area contributed by atoms with Gasteiger partial charge in [0, 0.05) is 22.9 Å². The number of imidazole rings is 2. The topological polar surface area (TPSA) is 188 Å². The molecule has 3 aromatic carbocycles. The number of ether oxygens (including phenoxy) is 2. The van der Waals surface area contributed by atoms with E-state index >= 15 is 0 Å². The summed E-state index contributed by atoms with van der Waals surface area (Å²) < 4.78 is 16.4. The number of aromatic amines is 2. The predicted molar refractivity (Wildman–Crippen MR) is 265 cm³/mol. The molecule has 4 aliphatic rings. The van der Waals surface area contributed by atoms with Gasteiger partial charge >= 0.3 is 12.2 Å². The molecular formula is C55H60N8O7. The van der Waals surface area contributed by atoms with E-state index in [4.69, 9.17) is 23.9 Å². The maximum Gasteiger partial charge on any atom is 0.407 e.